The van der Waals surface area contributed by atoms with Crippen LogP contribution in [0.4, 0.5) is 0 Å². The molecule has 6 heteroatoms. The van der Waals surface area contributed by atoms with Gasteiger partial charge in [0.15, 0.2) is 0 Å². The minimum absolute atomic E-state index is 0.0441. The number of unbranched alkanes of at least 4 members (excludes halogenated alkanes) is 1. The van der Waals surface area contributed by atoms with Crippen molar-refractivity contribution < 1.29 is 4.74 Å². The molecular weight excluding hydrogens is 440 g/mol. The molecule has 4 aromatic rings. The number of benzene rings is 2. The van der Waals surface area contributed by atoms with Crippen LogP contribution in [0.15, 0.2) is 59.0 Å². The number of nitrogens with zero attached hydrogens (tertiary/aromatic N) is 2. The minimum Gasteiger partial charge on any atom is -0.494 e. The van der Waals surface area contributed by atoms with Gasteiger partial charge >= 0.3 is 0 Å². The highest BCUT2D eigenvalue weighted by molar-refractivity contribution is 7.17. The van der Waals surface area contributed by atoms with Crippen LogP contribution in [0.5, 0.6) is 5.75 Å². The van der Waals surface area contributed by atoms with Gasteiger partial charge in [-0.3, -0.25) is 9.36 Å². The van der Waals surface area contributed by atoms with Gasteiger partial charge in [-0.2, -0.15) is 0 Å². The summed E-state index contributed by atoms with van der Waals surface area (Å²) >= 11 is 7.45. The predicted octanol–water partition coefficient (Wildman–Crippen LogP) is 6.52. The van der Waals surface area contributed by atoms with Crippen molar-refractivity contribution in [3.8, 4) is 16.9 Å². The van der Waals surface area contributed by atoms with E-state index >= 15 is 0 Å². The van der Waals surface area contributed by atoms with Crippen molar-refractivity contribution in [2.24, 2.45) is 0 Å². The molecule has 0 amide bonds. The van der Waals surface area contributed by atoms with Crippen LogP contribution >= 0.6 is 22.9 Å². The quantitative estimate of drug-likeness (QED) is 0.292. The summed E-state index contributed by atoms with van der Waals surface area (Å²) in [5.41, 5.74) is 5.07. The van der Waals surface area contributed by atoms with Crippen LogP contribution in [0.2, 0.25) is 5.02 Å². The average Bonchev–Trinajstić information content (AvgIpc) is 3.26. The van der Waals surface area contributed by atoms with Crippen LogP contribution in [0.25, 0.3) is 21.3 Å². The van der Waals surface area contributed by atoms with Crippen LogP contribution in [-0.4, -0.2) is 16.2 Å². The number of aryl methyl sites for hydroxylation is 3. The van der Waals surface area contributed by atoms with Crippen molar-refractivity contribution in [2.45, 2.75) is 45.1 Å². The Bertz CT molecular complexity index is 1290. The fraction of sp³-hybridized carbons (Fsp3) is 0.308. The number of aromatic nitrogens is 2. The second-order valence-electron chi connectivity index (χ2n) is 8.27. The van der Waals surface area contributed by atoms with Crippen molar-refractivity contribution in [1.29, 1.82) is 0 Å². The molecular formula is C26H25ClN2O2S. The van der Waals surface area contributed by atoms with E-state index in [9.17, 15) is 4.79 Å². The van der Waals surface area contributed by atoms with Gasteiger partial charge in [-0.1, -0.05) is 29.8 Å². The molecule has 0 unspecified atom stereocenters. The summed E-state index contributed by atoms with van der Waals surface area (Å²) in [6.45, 7) is 1.23. The molecule has 2 aromatic carbocycles. The highest BCUT2D eigenvalue weighted by atomic mass is 35.5. The van der Waals surface area contributed by atoms with Gasteiger partial charge in [-0.25, -0.2) is 4.98 Å². The standard InChI is InChI=1S/C26H25ClN2O2S/c27-21-9-11-22(12-10-21)31-14-4-3-13-29-17-28-25-24(26(29)30)23(16-32-25)20-8-7-18-5-1-2-6-19(18)15-20/h7-12,15-17H,1-6,13-14H2. The third-order valence-corrected chi connectivity index (χ3v) is 7.23. The summed E-state index contributed by atoms with van der Waals surface area (Å²) in [5.74, 6) is 0.808. The minimum atomic E-state index is 0.0441. The van der Waals surface area contributed by atoms with E-state index in [4.69, 9.17) is 16.3 Å². The molecule has 4 nitrogen and oxygen atoms in total. The summed E-state index contributed by atoms with van der Waals surface area (Å²) in [7, 11) is 0. The van der Waals surface area contributed by atoms with Gasteiger partial charge < -0.3 is 4.74 Å². The van der Waals surface area contributed by atoms with Crippen molar-refractivity contribution >= 4 is 33.2 Å². The van der Waals surface area contributed by atoms with Crippen LogP contribution in [0.3, 0.4) is 0 Å². The van der Waals surface area contributed by atoms with E-state index in [-0.39, 0.29) is 5.56 Å². The highest BCUT2D eigenvalue weighted by Gasteiger charge is 2.16. The summed E-state index contributed by atoms with van der Waals surface area (Å²) in [6, 6.07) is 14.0. The molecule has 0 saturated heterocycles. The number of hydrogen-bond donors (Lipinski definition) is 0. The van der Waals surface area contributed by atoms with E-state index in [2.05, 4.69) is 28.6 Å². The topological polar surface area (TPSA) is 44.1 Å². The number of halogens is 1. The van der Waals surface area contributed by atoms with Gasteiger partial charge in [-0.15, -0.1) is 11.3 Å². The number of hydrogen-bond acceptors (Lipinski definition) is 4. The molecule has 0 bridgehead atoms. The highest BCUT2D eigenvalue weighted by Crippen LogP contribution is 2.33. The molecule has 0 N–H and O–H groups in total. The summed E-state index contributed by atoms with van der Waals surface area (Å²) in [4.78, 5) is 18.7. The largest absolute Gasteiger partial charge is 0.494 e. The van der Waals surface area contributed by atoms with Crippen molar-refractivity contribution in [2.75, 3.05) is 6.61 Å². The van der Waals surface area contributed by atoms with E-state index in [0.717, 1.165) is 52.8 Å². The van der Waals surface area contributed by atoms with Gasteiger partial charge in [0.25, 0.3) is 5.56 Å². The maximum absolute atomic E-state index is 13.3. The Morgan fingerprint density at radius 1 is 1.03 bits per heavy atom. The molecule has 0 saturated carbocycles. The lowest BCUT2D eigenvalue weighted by atomic mass is 9.89. The summed E-state index contributed by atoms with van der Waals surface area (Å²) in [6.07, 6.45) is 8.19. The van der Waals surface area contributed by atoms with E-state index in [1.54, 1.807) is 22.2 Å². The monoisotopic (exact) mass is 464 g/mol. The first-order valence-electron chi connectivity index (χ1n) is 11.2. The lowest BCUT2D eigenvalue weighted by molar-refractivity contribution is 0.303. The Labute approximate surface area is 196 Å². The summed E-state index contributed by atoms with van der Waals surface area (Å²) < 4.78 is 7.48. The Morgan fingerprint density at radius 2 is 1.84 bits per heavy atom. The third kappa shape index (κ3) is 4.45. The van der Waals surface area contributed by atoms with Crippen molar-refractivity contribution in [3.63, 3.8) is 0 Å². The number of fused-ring (bicyclic) bond motifs is 2. The van der Waals surface area contributed by atoms with Gasteiger partial charge in [0.1, 0.15) is 10.6 Å². The molecule has 32 heavy (non-hydrogen) atoms. The second kappa shape index (κ2) is 9.47. The average molecular weight is 465 g/mol. The molecule has 164 valence electrons. The predicted molar refractivity (Wildman–Crippen MR) is 132 cm³/mol. The van der Waals surface area contributed by atoms with Crippen LogP contribution in [0.1, 0.15) is 36.8 Å². The molecule has 5 rings (SSSR count). The molecule has 1 aliphatic rings. The first-order chi connectivity index (χ1) is 15.7. The van der Waals surface area contributed by atoms with Gasteiger partial charge in [0, 0.05) is 22.5 Å². The van der Waals surface area contributed by atoms with Gasteiger partial charge in [-0.05, 0) is 79.5 Å². The third-order valence-electron chi connectivity index (χ3n) is 6.10. The molecule has 0 atom stereocenters. The smallest absolute Gasteiger partial charge is 0.262 e. The number of rotatable bonds is 7. The Balaban J connectivity index is 1.29. The number of thiophene rings is 1. The molecule has 2 heterocycles. The Kier molecular flexibility index (Phi) is 6.28. The SMILES string of the molecule is O=c1c2c(-c3ccc4c(c3)CCCC4)csc2ncn1CCCCOc1ccc(Cl)cc1. The zero-order chi connectivity index (χ0) is 21.9. The molecule has 0 radical (unpaired) electrons. The number of ether oxygens (including phenoxy) is 1. The zero-order valence-electron chi connectivity index (χ0n) is 17.9. The maximum atomic E-state index is 13.3. The van der Waals surface area contributed by atoms with Crippen molar-refractivity contribution in [1.82, 2.24) is 9.55 Å². The van der Waals surface area contributed by atoms with E-state index in [1.165, 1.54) is 24.0 Å². The maximum Gasteiger partial charge on any atom is 0.262 e. The van der Waals surface area contributed by atoms with Gasteiger partial charge in [0.2, 0.25) is 0 Å². The fourth-order valence-corrected chi connectivity index (χ4v) is 5.38. The lowest BCUT2D eigenvalue weighted by Gasteiger charge is -2.16. The van der Waals surface area contributed by atoms with Crippen LogP contribution < -0.4 is 10.3 Å². The first kappa shape index (κ1) is 21.2. The first-order valence-corrected chi connectivity index (χ1v) is 12.4. The van der Waals surface area contributed by atoms with E-state index in [0.29, 0.717) is 18.2 Å². The fourth-order valence-electron chi connectivity index (χ4n) is 4.35. The Morgan fingerprint density at radius 3 is 2.69 bits per heavy atom. The van der Waals surface area contributed by atoms with Crippen molar-refractivity contribution in [3.05, 3.63) is 80.7 Å². The normalized spacial score (nSPS) is 13.3. The molecule has 0 spiro atoms. The van der Waals surface area contributed by atoms with Crippen LogP contribution in [-0.2, 0) is 19.4 Å². The molecule has 2 aromatic heterocycles. The Hall–Kier alpha value is -2.63. The lowest BCUT2D eigenvalue weighted by Crippen LogP contribution is -2.20. The molecule has 1 aliphatic carbocycles. The zero-order valence-corrected chi connectivity index (χ0v) is 19.4. The van der Waals surface area contributed by atoms with Gasteiger partial charge in [0.05, 0.1) is 18.3 Å². The molecule has 0 aliphatic heterocycles. The van der Waals surface area contributed by atoms with E-state index < -0.39 is 0 Å². The van der Waals surface area contributed by atoms with E-state index in [1.807, 2.05) is 24.3 Å². The van der Waals surface area contributed by atoms with Crippen LogP contribution in [0, 0.1) is 0 Å². The summed E-state index contributed by atoms with van der Waals surface area (Å²) in [5, 5.41) is 3.52. The molecule has 0 fully saturated rings. The second-order valence-corrected chi connectivity index (χ2v) is 9.57.